The molecule has 1 saturated heterocycles. The summed E-state index contributed by atoms with van der Waals surface area (Å²) in [7, 11) is 0. The van der Waals surface area contributed by atoms with E-state index in [4.69, 9.17) is 9.15 Å². The number of cyclic esters (lactones) is 1. The van der Waals surface area contributed by atoms with Crippen molar-refractivity contribution in [3.8, 4) is 0 Å². The average Bonchev–Trinajstić information content (AvgIpc) is 3.57. The summed E-state index contributed by atoms with van der Waals surface area (Å²) in [5.41, 5.74) is 0.666. The number of halogens is 1. The maximum atomic E-state index is 13.3. The number of ether oxygens (including phenoxy) is 1. The number of rotatable bonds is 3. The molecule has 1 aromatic heterocycles. The molecular weight excluding hydrogens is 521 g/mol. The molecule has 2 amide bonds. The Labute approximate surface area is 233 Å². The van der Waals surface area contributed by atoms with Gasteiger partial charge in [0.05, 0.1) is 19.2 Å². The van der Waals surface area contributed by atoms with E-state index in [0.717, 1.165) is 6.26 Å². The van der Waals surface area contributed by atoms with Crippen LogP contribution in [0.15, 0.2) is 46.6 Å². The highest BCUT2D eigenvalue weighted by molar-refractivity contribution is 5.95. The molecule has 2 aliphatic rings. The van der Waals surface area contributed by atoms with Crippen molar-refractivity contribution in [2.75, 3.05) is 19.8 Å². The van der Waals surface area contributed by atoms with E-state index in [9.17, 15) is 28.7 Å². The van der Waals surface area contributed by atoms with Gasteiger partial charge in [-0.05, 0) is 38.2 Å². The predicted octanol–water partition coefficient (Wildman–Crippen LogP) is 2.87. The second-order valence-electron chi connectivity index (χ2n) is 10.4. The SMILES string of the molecule is CC1=C\[C@@H](O)CC(=O)Cc2nc(co2)C(=O)N2CCC[C@@H]2C(=O)O[C@H]([C@H](C)CCF)[C@H](C)/C=C/C(=O)NC\C=C\1. The number of oxazole rings is 1. The van der Waals surface area contributed by atoms with Gasteiger partial charge in [-0.25, -0.2) is 9.78 Å². The van der Waals surface area contributed by atoms with Crippen LogP contribution >= 0.6 is 0 Å². The fraction of sp³-hybridized carbons (Fsp3) is 0.552. The number of alkyl halides is 1. The zero-order valence-corrected chi connectivity index (χ0v) is 23.2. The molecule has 0 saturated carbocycles. The van der Waals surface area contributed by atoms with Gasteiger partial charge in [0.1, 0.15) is 24.2 Å². The molecule has 11 heteroatoms. The van der Waals surface area contributed by atoms with Gasteiger partial charge in [-0.1, -0.05) is 43.7 Å². The minimum atomic E-state index is -1.03. The third kappa shape index (κ3) is 8.70. The normalized spacial score (nSPS) is 29.5. The second-order valence-corrected chi connectivity index (χ2v) is 10.4. The highest BCUT2D eigenvalue weighted by Gasteiger charge is 2.39. The molecule has 5 atom stereocenters. The zero-order chi connectivity index (χ0) is 29.2. The van der Waals surface area contributed by atoms with Gasteiger partial charge in [-0.15, -0.1) is 0 Å². The van der Waals surface area contributed by atoms with Gasteiger partial charge in [-0.3, -0.25) is 18.8 Å². The molecule has 40 heavy (non-hydrogen) atoms. The van der Waals surface area contributed by atoms with E-state index < -0.39 is 42.7 Å². The molecule has 0 radical (unpaired) electrons. The molecule has 0 aliphatic carbocycles. The van der Waals surface area contributed by atoms with E-state index in [2.05, 4.69) is 10.3 Å². The zero-order valence-electron chi connectivity index (χ0n) is 23.2. The van der Waals surface area contributed by atoms with Crippen LogP contribution in [0, 0.1) is 11.8 Å². The first-order valence-electron chi connectivity index (χ1n) is 13.6. The van der Waals surface area contributed by atoms with Gasteiger partial charge >= 0.3 is 5.97 Å². The quantitative estimate of drug-likeness (QED) is 0.539. The van der Waals surface area contributed by atoms with Crippen LogP contribution in [0.25, 0.3) is 0 Å². The van der Waals surface area contributed by atoms with Crippen molar-refractivity contribution in [3.63, 3.8) is 0 Å². The number of hydrogen-bond acceptors (Lipinski definition) is 8. The van der Waals surface area contributed by atoms with E-state index in [0.29, 0.717) is 25.0 Å². The predicted molar refractivity (Wildman–Crippen MR) is 144 cm³/mol. The summed E-state index contributed by atoms with van der Waals surface area (Å²) in [6.45, 7) is 5.27. The number of aromatic nitrogens is 1. The van der Waals surface area contributed by atoms with Gasteiger partial charge in [-0.2, -0.15) is 0 Å². The van der Waals surface area contributed by atoms with Gasteiger partial charge in [0.2, 0.25) is 11.8 Å². The number of allylic oxidation sites excluding steroid dienone is 2. The summed E-state index contributed by atoms with van der Waals surface area (Å²) in [4.78, 5) is 56.8. The van der Waals surface area contributed by atoms with E-state index in [-0.39, 0.29) is 55.0 Å². The molecule has 218 valence electrons. The molecule has 2 N–H and O–H groups in total. The minimum absolute atomic E-state index is 0.0352. The Bertz CT molecular complexity index is 1160. The minimum Gasteiger partial charge on any atom is -0.460 e. The van der Waals surface area contributed by atoms with Crippen LogP contribution in [-0.4, -0.2) is 76.6 Å². The highest BCUT2D eigenvalue weighted by Crippen LogP contribution is 2.26. The standard InChI is InChI=1S/C29H38FN3O7/c1-18-6-4-12-31-25(36)9-8-19(2)27(20(3)10-11-30)40-29(38)24-7-5-13-33(24)28(37)23-17-39-26(32-23)16-22(35)15-21(34)14-18/h4,6,8-9,14,17,19-21,24,27,34H,5,7,10-13,15-16H2,1-3H3,(H,31,36)/b6-4+,9-8+,18-14+/t19-,20-,21-,24-,27+/m1/s1. The van der Waals surface area contributed by atoms with Crippen molar-refractivity contribution in [1.82, 2.24) is 15.2 Å². The molecular formula is C29H38FN3O7. The number of nitrogens with one attached hydrogen (secondary N) is 1. The van der Waals surface area contributed by atoms with Crippen LogP contribution < -0.4 is 5.32 Å². The molecule has 1 fully saturated rings. The van der Waals surface area contributed by atoms with E-state index in [1.165, 1.54) is 17.1 Å². The third-order valence-corrected chi connectivity index (χ3v) is 7.02. The summed E-state index contributed by atoms with van der Waals surface area (Å²) in [6, 6.07) is -0.854. The fourth-order valence-corrected chi connectivity index (χ4v) is 4.89. The van der Waals surface area contributed by atoms with Gasteiger partial charge in [0.15, 0.2) is 5.69 Å². The van der Waals surface area contributed by atoms with Gasteiger partial charge in [0, 0.05) is 25.4 Å². The highest BCUT2D eigenvalue weighted by atomic mass is 19.1. The molecule has 3 rings (SSSR count). The number of hydrogen-bond donors (Lipinski definition) is 2. The lowest BCUT2D eigenvalue weighted by Gasteiger charge is -2.30. The number of esters is 1. The monoisotopic (exact) mass is 559 g/mol. The fourth-order valence-electron chi connectivity index (χ4n) is 4.89. The molecule has 0 unspecified atom stereocenters. The van der Waals surface area contributed by atoms with E-state index >= 15 is 0 Å². The van der Waals surface area contributed by atoms with Crippen LogP contribution in [0.5, 0.6) is 0 Å². The summed E-state index contributed by atoms with van der Waals surface area (Å²) < 4.78 is 24.4. The molecule has 1 aromatic rings. The number of fused-ring (bicyclic) bond motifs is 3. The number of aliphatic hydroxyl groups excluding tert-OH is 1. The number of aliphatic hydroxyl groups is 1. The van der Waals surface area contributed by atoms with Crippen molar-refractivity contribution in [1.29, 1.82) is 0 Å². The van der Waals surface area contributed by atoms with Gasteiger partial charge in [0.25, 0.3) is 5.91 Å². The Balaban J connectivity index is 1.87. The molecule has 2 bridgehead atoms. The van der Waals surface area contributed by atoms with Gasteiger partial charge < -0.3 is 24.5 Å². The van der Waals surface area contributed by atoms with Crippen LogP contribution in [0.1, 0.15) is 62.8 Å². The summed E-state index contributed by atoms with van der Waals surface area (Å²) in [5, 5.41) is 13.0. The Kier molecular flexibility index (Phi) is 11.4. The Hall–Kier alpha value is -3.60. The molecule has 0 aromatic carbocycles. The van der Waals surface area contributed by atoms with Crippen molar-refractivity contribution in [3.05, 3.63) is 53.8 Å². The number of carbonyl (C=O) groups is 4. The largest absolute Gasteiger partial charge is 0.460 e. The first kappa shape index (κ1) is 30.9. The smallest absolute Gasteiger partial charge is 0.329 e. The van der Waals surface area contributed by atoms with Crippen molar-refractivity contribution in [2.24, 2.45) is 11.8 Å². The Morgan fingerprint density at radius 1 is 1.25 bits per heavy atom. The maximum absolute atomic E-state index is 13.3. The average molecular weight is 560 g/mol. The number of ketones is 1. The van der Waals surface area contributed by atoms with Crippen LogP contribution in [-0.2, 0) is 25.5 Å². The summed E-state index contributed by atoms with van der Waals surface area (Å²) in [5.74, 6) is -2.51. The molecule has 0 spiro atoms. The first-order valence-corrected chi connectivity index (χ1v) is 13.6. The molecule has 2 aliphatic heterocycles. The van der Waals surface area contributed by atoms with Crippen molar-refractivity contribution in [2.45, 2.75) is 71.1 Å². The maximum Gasteiger partial charge on any atom is 0.329 e. The van der Waals surface area contributed by atoms with Crippen LogP contribution in [0.2, 0.25) is 0 Å². The van der Waals surface area contributed by atoms with E-state index in [1.807, 2.05) is 0 Å². The van der Waals surface area contributed by atoms with Crippen molar-refractivity contribution < 1.29 is 37.8 Å². The first-order chi connectivity index (χ1) is 19.1. The second kappa shape index (κ2) is 14.7. The summed E-state index contributed by atoms with van der Waals surface area (Å²) >= 11 is 0. The Morgan fingerprint density at radius 2 is 2.02 bits per heavy atom. The lowest BCUT2D eigenvalue weighted by Crippen LogP contribution is -2.44. The van der Waals surface area contributed by atoms with Crippen molar-refractivity contribution >= 4 is 23.6 Å². The summed E-state index contributed by atoms with van der Waals surface area (Å²) in [6.07, 6.45) is 8.09. The van der Waals surface area contributed by atoms with E-state index in [1.54, 1.807) is 39.0 Å². The number of amides is 2. The lowest BCUT2D eigenvalue weighted by atomic mass is 9.90. The van der Waals surface area contributed by atoms with Crippen LogP contribution in [0.3, 0.4) is 0 Å². The molecule has 10 nitrogen and oxygen atoms in total. The number of nitrogens with zero attached hydrogens (tertiary/aromatic N) is 2. The Morgan fingerprint density at radius 3 is 2.77 bits per heavy atom. The topological polar surface area (TPSA) is 139 Å². The number of carbonyl (C=O) groups excluding carboxylic acids is 4. The number of Topliss-reactive ketones (excluding diaryl/α,β-unsaturated/α-hetero) is 1. The third-order valence-electron chi connectivity index (χ3n) is 7.02. The van der Waals surface area contributed by atoms with Crippen LogP contribution in [0.4, 0.5) is 4.39 Å². The lowest BCUT2D eigenvalue weighted by molar-refractivity contribution is -0.158. The molecule has 3 heterocycles.